The van der Waals surface area contributed by atoms with E-state index in [4.69, 9.17) is 4.74 Å². The SMILES string of the molecule is CN1CCC(C2CCN(C(=O)[C@@H](Cn3ccnc3)NC(=O)OC(C)(C)C)CC2)CC1. The lowest BCUT2D eigenvalue weighted by atomic mass is 9.79. The number of carbonyl (C=O) groups is 2. The van der Waals surface area contributed by atoms with E-state index in [0.717, 1.165) is 31.8 Å². The highest BCUT2D eigenvalue weighted by molar-refractivity contribution is 5.85. The van der Waals surface area contributed by atoms with Gasteiger partial charge in [0, 0.05) is 25.5 Å². The van der Waals surface area contributed by atoms with Crippen molar-refractivity contribution in [2.24, 2.45) is 11.8 Å². The first-order valence-electron chi connectivity index (χ1n) is 11.1. The molecule has 8 heteroatoms. The minimum atomic E-state index is -0.672. The van der Waals surface area contributed by atoms with Crippen molar-refractivity contribution in [3.05, 3.63) is 18.7 Å². The third-order valence-corrected chi connectivity index (χ3v) is 6.22. The molecule has 3 rings (SSSR count). The second kappa shape index (κ2) is 9.81. The monoisotopic (exact) mass is 419 g/mol. The maximum absolute atomic E-state index is 13.3. The summed E-state index contributed by atoms with van der Waals surface area (Å²) in [7, 11) is 2.19. The first kappa shape index (κ1) is 22.6. The summed E-state index contributed by atoms with van der Waals surface area (Å²) in [5.74, 6) is 1.44. The van der Waals surface area contributed by atoms with Crippen LogP contribution in [0.3, 0.4) is 0 Å². The number of imidazole rings is 1. The van der Waals surface area contributed by atoms with E-state index < -0.39 is 17.7 Å². The Kier molecular flexibility index (Phi) is 7.39. The molecule has 0 aromatic carbocycles. The van der Waals surface area contributed by atoms with Crippen LogP contribution in [0.2, 0.25) is 0 Å². The second-order valence-electron chi connectivity index (χ2n) is 9.76. The molecular formula is C22H37N5O3. The van der Waals surface area contributed by atoms with E-state index in [9.17, 15) is 9.59 Å². The fraction of sp³-hybridized carbons (Fsp3) is 0.773. The molecule has 1 atom stereocenters. The zero-order chi connectivity index (χ0) is 21.7. The minimum Gasteiger partial charge on any atom is -0.444 e. The highest BCUT2D eigenvalue weighted by atomic mass is 16.6. The molecule has 0 aliphatic carbocycles. The van der Waals surface area contributed by atoms with Crippen LogP contribution in [0.25, 0.3) is 0 Å². The summed E-state index contributed by atoms with van der Waals surface area (Å²) >= 11 is 0. The Labute approximate surface area is 179 Å². The van der Waals surface area contributed by atoms with Gasteiger partial charge in [0.25, 0.3) is 0 Å². The molecule has 2 amide bonds. The van der Waals surface area contributed by atoms with Gasteiger partial charge in [0.15, 0.2) is 0 Å². The molecule has 0 unspecified atom stereocenters. The van der Waals surface area contributed by atoms with Crippen LogP contribution in [0.5, 0.6) is 0 Å². The van der Waals surface area contributed by atoms with Gasteiger partial charge in [0.2, 0.25) is 5.91 Å². The van der Waals surface area contributed by atoms with Crippen molar-refractivity contribution >= 4 is 12.0 Å². The lowest BCUT2D eigenvalue weighted by molar-refractivity contribution is -0.135. The first-order valence-corrected chi connectivity index (χ1v) is 11.1. The van der Waals surface area contributed by atoms with E-state index in [1.165, 1.54) is 25.9 Å². The van der Waals surface area contributed by atoms with E-state index in [0.29, 0.717) is 12.5 Å². The van der Waals surface area contributed by atoms with E-state index in [-0.39, 0.29) is 5.91 Å². The molecule has 2 aliphatic heterocycles. The van der Waals surface area contributed by atoms with E-state index in [1.54, 1.807) is 18.7 Å². The van der Waals surface area contributed by atoms with Crippen molar-refractivity contribution in [2.75, 3.05) is 33.2 Å². The average Bonchev–Trinajstić information content (AvgIpc) is 3.19. The van der Waals surface area contributed by atoms with Crippen LogP contribution < -0.4 is 5.32 Å². The predicted molar refractivity (Wildman–Crippen MR) is 115 cm³/mol. The molecule has 0 radical (unpaired) electrons. The quantitative estimate of drug-likeness (QED) is 0.793. The number of hydrogen-bond acceptors (Lipinski definition) is 5. The highest BCUT2D eigenvalue weighted by Crippen LogP contribution is 2.32. The van der Waals surface area contributed by atoms with Gasteiger partial charge in [-0.2, -0.15) is 0 Å². The summed E-state index contributed by atoms with van der Waals surface area (Å²) in [6, 6.07) is -0.672. The van der Waals surface area contributed by atoms with Gasteiger partial charge in [0.1, 0.15) is 11.6 Å². The topological polar surface area (TPSA) is 79.7 Å². The number of nitrogens with one attached hydrogen (secondary N) is 1. The van der Waals surface area contributed by atoms with Crippen LogP contribution in [0.1, 0.15) is 46.5 Å². The summed E-state index contributed by atoms with van der Waals surface area (Å²) < 4.78 is 7.19. The molecule has 8 nitrogen and oxygen atoms in total. The molecule has 2 saturated heterocycles. The van der Waals surface area contributed by atoms with Crippen molar-refractivity contribution < 1.29 is 14.3 Å². The maximum atomic E-state index is 13.3. The number of aromatic nitrogens is 2. The number of likely N-dealkylation sites (tertiary alicyclic amines) is 2. The van der Waals surface area contributed by atoms with Crippen LogP contribution in [0.15, 0.2) is 18.7 Å². The number of carbonyl (C=O) groups excluding carboxylic acids is 2. The molecule has 1 aromatic heterocycles. The van der Waals surface area contributed by atoms with Gasteiger partial charge in [-0.25, -0.2) is 9.78 Å². The molecule has 168 valence electrons. The molecule has 1 N–H and O–H groups in total. The smallest absolute Gasteiger partial charge is 0.408 e. The summed E-state index contributed by atoms with van der Waals surface area (Å²) in [6.45, 7) is 9.64. The van der Waals surface area contributed by atoms with Crippen molar-refractivity contribution in [1.29, 1.82) is 0 Å². The number of alkyl carbamates (subject to hydrolysis) is 1. The molecule has 2 fully saturated rings. The third kappa shape index (κ3) is 6.45. The Balaban J connectivity index is 1.58. The number of nitrogens with zero attached hydrogens (tertiary/aromatic N) is 4. The number of rotatable bonds is 5. The first-order chi connectivity index (χ1) is 14.2. The Morgan fingerprint density at radius 3 is 2.23 bits per heavy atom. The number of piperidine rings is 2. The molecule has 1 aromatic rings. The van der Waals surface area contributed by atoms with Crippen LogP contribution in [-0.2, 0) is 16.1 Å². The molecule has 0 saturated carbocycles. The van der Waals surface area contributed by atoms with Crippen molar-refractivity contribution in [3.63, 3.8) is 0 Å². The normalized spacial score (nSPS) is 20.7. The van der Waals surface area contributed by atoms with Crippen molar-refractivity contribution in [3.8, 4) is 0 Å². The van der Waals surface area contributed by atoms with Crippen LogP contribution in [0.4, 0.5) is 4.79 Å². The van der Waals surface area contributed by atoms with Crippen molar-refractivity contribution in [2.45, 2.75) is 64.6 Å². The van der Waals surface area contributed by atoms with E-state index in [2.05, 4.69) is 22.2 Å². The van der Waals surface area contributed by atoms with Crippen molar-refractivity contribution in [1.82, 2.24) is 24.7 Å². The Morgan fingerprint density at radius 1 is 1.10 bits per heavy atom. The zero-order valence-corrected chi connectivity index (χ0v) is 18.8. The van der Waals surface area contributed by atoms with E-state index >= 15 is 0 Å². The highest BCUT2D eigenvalue weighted by Gasteiger charge is 2.33. The van der Waals surface area contributed by atoms with E-state index in [1.807, 2.05) is 30.2 Å². The Hall–Kier alpha value is -2.09. The fourth-order valence-corrected chi connectivity index (χ4v) is 4.55. The third-order valence-electron chi connectivity index (χ3n) is 6.22. The standard InChI is InChI=1S/C22H37N5O3/c1-22(2,3)30-21(29)24-19(15-26-14-9-23-16-26)20(28)27-12-7-18(8-13-27)17-5-10-25(4)11-6-17/h9,14,16-19H,5-8,10-13,15H2,1-4H3,(H,24,29)/t19-/m1/s1. The molecule has 3 heterocycles. The maximum Gasteiger partial charge on any atom is 0.408 e. The van der Waals surface area contributed by atoms with Gasteiger partial charge in [-0.1, -0.05) is 0 Å². The van der Waals surface area contributed by atoms with Crippen LogP contribution >= 0.6 is 0 Å². The Bertz CT molecular complexity index is 684. The molecule has 30 heavy (non-hydrogen) atoms. The second-order valence-corrected chi connectivity index (χ2v) is 9.76. The summed E-state index contributed by atoms with van der Waals surface area (Å²) in [5, 5.41) is 2.78. The van der Waals surface area contributed by atoms with Gasteiger partial charge in [-0.3, -0.25) is 4.79 Å². The predicted octanol–water partition coefficient (Wildman–Crippen LogP) is 2.36. The number of hydrogen-bond donors (Lipinski definition) is 1. The molecular weight excluding hydrogens is 382 g/mol. The summed E-state index contributed by atoms with van der Waals surface area (Å²) in [6.07, 6.45) is 9.17. The Morgan fingerprint density at radius 2 is 1.70 bits per heavy atom. The average molecular weight is 420 g/mol. The van der Waals surface area contributed by atoms with Gasteiger partial charge in [0.05, 0.1) is 12.9 Å². The van der Waals surface area contributed by atoms with Gasteiger partial charge < -0.3 is 24.4 Å². The largest absolute Gasteiger partial charge is 0.444 e. The number of ether oxygens (including phenoxy) is 1. The number of amides is 2. The zero-order valence-electron chi connectivity index (χ0n) is 18.8. The van der Waals surface area contributed by atoms with Gasteiger partial charge >= 0.3 is 6.09 Å². The van der Waals surface area contributed by atoms with Crippen LogP contribution in [-0.4, -0.2) is 76.2 Å². The van der Waals surface area contributed by atoms with Gasteiger partial charge in [-0.05, 0) is 78.4 Å². The molecule has 0 bridgehead atoms. The van der Waals surface area contributed by atoms with Crippen LogP contribution in [0, 0.1) is 11.8 Å². The fourth-order valence-electron chi connectivity index (χ4n) is 4.55. The lowest BCUT2D eigenvalue weighted by Crippen LogP contribution is -2.53. The summed E-state index contributed by atoms with van der Waals surface area (Å²) in [5.41, 5.74) is -0.612. The minimum absolute atomic E-state index is 0.0450. The summed E-state index contributed by atoms with van der Waals surface area (Å²) in [4.78, 5) is 34.0. The molecule has 0 spiro atoms. The molecule has 2 aliphatic rings. The lowest BCUT2D eigenvalue weighted by Gasteiger charge is -2.40. The van der Waals surface area contributed by atoms with Gasteiger partial charge in [-0.15, -0.1) is 0 Å².